The van der Waals surface area contributed by atoms with Gasteiger partial charge in [-0.15, -0.1) is 11.3 Å². The standard InChI is InChI=1S/C24H28BN5O8S/c1-12(2)10-29-6-7-30(21(33)20(29)32)24(36)28-18(16-11-39-23(26)27-16)17(31)9-14-8-13-4-3-5-15(22(34)35)19(13)38-25(14)37/h3-5,11-12,14,18,37H,6-10H2,1-2H3,(H2,26,27)(H,28,36)(H,34,35)/t14-,18?/m1/s1. The maximum absolute atomic E-state index is 13.5. The molecule has 0 aliphatic carbocycles. The lowest BCUT2D eigenvalue weighted by Gasteiger charge is -2.34. The first kappa shape index (κ1) is 28.0. The molecule has 0 saturated carbocycles. The van der Waals surface area contributed by atoms with E-state index in [9.17, 15) is 34.1 Å². The number of carboxylic acid groups (broad SMARTS) is 1. The van der Waals surface area contributed by atoms with E-state index in [0.29, 0.717) is 12.1 Å². The van der Waals surface area contributed by atoms with Gasteiger partial charge in [-0.25, -0.2) is 14.6 Å². The number of hydrogen-bond donors (Lipinski definition) is 4. The third-order valence-corrected chi connectivity index (χ3v) is 7.17. The number of aromatic carboxylic acids is 1. The molecule has 206 valence electrons. The Morgan fingerprint density at radius 2 is 2.00 bits per heavy atom. The molecular formula is C24H28BN5O8S. The fraction of sp³-hybridized carbons (Fsp3) is 0.417. The van der Waals surface area contributed by atoms with Crippen molar-refractivity contribution < 1.29 is 38.8 Å². The number of nitrogens with two attached hydrogens (primary N) is 1. The summed E-state index contributed by atoms with van der Waals surface area (Å²) in [5, 5.41) is 24.1. The summed E-state index contributed by atoms with van der Waals surface area (Å²) in [5.74, 6) is -4.13. The van der Waals surface area contributed by atoms with Crippen molar-refractivity contribution in [3.63, 3.8) is 0 Å². The van der Waals surface area contributed by atoms with Gasteiger partial charge in [0, 0.05) is 37.3 Å². The Hall–Kier alpha value is -3.98. The fourth-order valence-electron chi connectivity index (χ4n) is 4.64. The molecular weight excluding hydrogens is 529 g/mol. The van der Waals surface area contributed by atoms with Gasteiger partial charge < -0.3 is 30.7 Å². The number of nitrogen functional groups attached to an aromatic ring is 1. The average Bonchev–Trinajstić information content (AvgIpc) is 3.30. The number of nitrogens with zero attached hydrogens (tertiary/aromatic N) is 3. The summed E-state index contributed by atoms with van der Waals surface area (Å²) in [6, 6.07) is 2.29. The zero-order valence-corrected chi connectivity index (χ0v) is 22.1. The Morgan fingerprint density at radius 1 is 1.26 bits per heavy atom. The van der Waals surface area contributed by atoms with Gasteiger partial charge in [0.15, 0.2) is 10.9 Å². The van der Waals surface area contributed by atoms with Gasteiger partial charge in [-0.3, -0.25) is 19.3 Å². The van der Waals surface area contributed by atoms with Crippen molar-refractivity contribution >= 4 is 53.2 Å². The molecule has 3 heterocycles. The van der Waals surface area contributed by atoms with E-state index in [1.54, 1.807) is 12.1 Å². The van der Waals surface area contributed by atoms with E-state index >= 15 is 0 Å². The minimum atomic E-state index is -1.48. The number of fused-ring (bicyclic) bond motifs is 1. The number of carbonyl (C=O) groups excluding carboxylic acids is 4. The summed E-state index contributed by atoms with van der Waals surface area (Å²) in [6.45, 7) is 4.32. The van der Waals surface area contributed by atoms with Crippen LogP contribution in [0, 0.1) is 5.92 Å². The minimum Gasteiger partial charge on any atom is -0.535 e. The smallest absolute Gasteiger partial charge is 0.526 e. The van der Waals surface area contributed by atoms with Crippen LogP contribution in [0.1, 0.15) is 47.9 Å². The van der Waals surface area contributed by atoms with Gasteiger partial charge >= 0.3 is 30.9 Å². The van der Waals surface area contributed by atoms with Gasteiger partial charge in [-0.05, 0) is 24.0 Å². The molecule has 39 heavy (non-hydrogen) atoms. The molecule has 1 aromatic heterocycles. The highest BCUT2D eigenvalue weighted by Crippen LogP contribution is 2.37. The van der Waals surface area contributed by atoms with E-state index in [1.807, 2.05) is 13.8 Å². The van der Waals surface area contributed by atoms with Crippen LogP contribution in [0.25, 0.3) is 0 Å². The number of piperazine rings is 1. The van der Waals surface area contributed by atoms with E-state index in [2.05, 4.69) is 10.3 Å². The number of amides is 4. The maximum Gasteiger partial charge on any atom is 0.526 e. The number of nitrogens with one attached hydrogen (secondary N) is 1. The van der Waals surface area contributed by atoms with Crippen LogP contribution in [0.15, 0.2) is 23.6 Å². The molecule has 15 heteroatoms. The van der Waals surface area contributed by atoms with Crippen LogP contribution in [0.5, 0.6) is 5.75 Å². The molecule has 13 nitrogen and oxygen atoms in total. The second-order valence-corrected chi connectivity index (χ2v) is 10.7. The monoisotopic (exact) mass is 557 g/mol. The van der Waals surface area contributed by atoms with Crippen LogP contribution in [0.4, 0.5) is 9.93 Å². The van der Waals surface area contributed by atoms with Crippen molar-refractivity contribution in [3.8, 4) is 5.75 Å². The molecule has 0 spiro atoms. The normalized spacial score (nSPS) is 18.1. The number of Topliss-reactive ketones (excluding diaryl/α,β-unsaturated/α-hetero) is 1. The predicted molar refractivity (Wildman–Crippen MR) is 140 cm³/mol. The van der Waals surface area contributed by atoms with E-state index in [1.165, 1.54) is 16.3 Å². The molecule has 2 aliphatic rings. The number of rotatable bonds is 8. The van der Waals surface area contributed by atoms with Crippen molar-refractivity contribution in [3.05, 3.63) is 40.4 Å². The molecule has 1 unspecified atom stereocenters. The maximum atomic E-state index is 13.5. The highest BCUT2D eigenvalue weighted by Gasteiger charge is 2.41. The second-order valence-electron chi connectivity index (χ2n) is 9.84. The number of aromatic nitrogens is 1. The number of thiazole rings is 1. The number of carbonyl (C=O) groups is 5. The molecule has 2 atom stereocenters. The lowest BCUT2D eigenvalue weighted by Crippen LogP contribution is -2.59. The molecule has 1 saturated heterocycles. The van der Waals surface area contributed by atoms with Crippen LogP contribution in [0.3, 0.4) is 0 Å². The highest BCUT2D eigenvalue weighted by atomic mass is 32.1. The van der Waals surface area contributed by atoms with Crippen molar-refractivity contribution in [1.29, 1.82) is 0 Å². The molecule has 2 aliphatic heterocycles. The first-order valence-corrected chi connectivity index (χ1v) is 13.2. The average molecular weight is 557 g/mol. The SMILES string of the molecule is CC(C)CN1CCN(C(=O)NC(C(=O)C[C@H]2Cc3cccc(C(=O)O)c3OB2O)c2csc(N)n2)C(=O)C1=O. The minimum absolute atomic E-state index is 0.0399. The third kappa shape index (κ3) is 6.04. The molecule has 1 aromatic carbocycles. The number of imide groups is 1. The van der Waals surface area contributed by atoms with Gasteiger partial charge in [0.05, 0.1) is 11.3 Å². The summed E-state index contributed by atoms with van der Waals surface area (Å²) in [6.07, 6.45) is -0.122. The van der Waals surface area contributed by atoms with Gasteiger partial charge in [-0.1, -0.05) is 26.0 Å². The molecule has 1 fully saturated rings. The van der Waals surface area contributed by atoms with Crippen LogP contribution in [0.2, 0.25) is 5.82 Å². The molecule has 4 rings (SSSR count). The molecule has 0 radical (unpaired) electrons. The third-order valence-electron chi connectivity index (χ3n) is 6.48. The molecule has 5 N–H and O–H groups in total. The van der Waals surface area contributed by atoms with E-state index < -0.39 is 48.6 Å². The van der Waals surface area contributed by atoms with E-state index in [-0.39, 0.29) is 54.0 Å². The summed E-state index contributed by atoms with van der Waals surface area (Å²) in [7, 11) is -1.48. The number of hydrogen-bond acceptors (Lipinski definition) is 10. The molecule has 2 aromatic rings. The Balaban J connectivity index is 1.50. The van der Waals surface area contributed by atoms with Crippen molar-refractivity contribution in [2.24, 2.45) is 5.92 Å². The van der Waals surface area contributed by atoms with Crippen LogP contribution in [-0.2, 0) is 20.8 Å². The molecule has 0 bridgehead atoms. The number of carboxylic acids is 1. The Morgan fingerprint density at radius 3 is 2.64 bits per heavy atom. The summed E-state index contributed by atoms with van der Waals surface area (Å²) < 4.78 is 5.47. The Kier molecular flexibility index (Phi) is 8.21. The Bertz CT molecular complexity index is 1320. The van der Waals surface area contributed by atoms with Gasteiger partial charge in [0.1, 0.15) is 11.8 Å². The first-order valence-electron chi connectivity index (χ1n) is 12.3. The zero-order chi connectivity index (χ0) is 28.4. The van der Waals surface area contributed by atoms with Crippen LogP contribution in [-0.4, -0.2) is 81.3 Å². The van der Waals surface area contributed by atoms with Crippen molar-refractivity contribution in [2.45, 2.75) is 38.5 Å². The summed E-state index contributed by atoms with van der Waals surface area (Å²) in [5.41, 5.74) is 6.30. The fourth-order valence-corrected chi connectivity index (χ4v) is 5.23. The number of ketones is 1. The largest absolute Gasteiger partial charge is 0.535 e. The van der Waals surface area contributed by atoms with Crippen molar-refractivity contribution in [2.75, 3.05) is 25.4 Å². The van der Waals surface area contributed by atoms with Crippen LogP contribution < -0.4 is 15.7 Å². The van der Waals surface area contributed by atoms with E-state index in [4.69, 9.17) is 10.4 Å². The molecule has 4 amide bonds. The predicted octanol–water partition coefficient (Wildman–Crippen LogP) is 0.946. The topological polar surface area (TPSA) is 192 Å². The van der Waals surface area contributed by atoms with Crippen LogP contribution >= 0.6 is 11.3 Å². The second kappa shape index (κ2) is 11.4. The number of benzene rings is 1. The lowest BCUT2D eigenvalue weighted by atomic mass is 9.64. The zero-order valence-electron chi connectivity index (χ0n) is 21.3. The summed E-state index contributed by atoms with van der Waals surface area (Å²) >= 11 is 1.05. The van der Waals surface area contributed by atoms with Crippen molar-refractivity contribution in [1.82, 2.24) is 20.1 Å². The first-order chi connectivity index (χ1) is 18.5. The number of urea groups is 1. The highest BCUT2D eigenvalue weighted by molar-refractivity contribution is 7.13. The quantitative estimate of drug-likeness (QED) is 0.268. The van der Waals surface area contributed by atoms with E-state index in [0.717, 1.165) is 16.2 Å². The Labute approximate surface area is 228 Å². The van der Waals surface area contributed by atoms with Gasteiger partial charge in [-0.2, -0.15) is 0 Å². The number of anilines is 1. The lowest BCUT2D eigenvalue weighted by molar-refractivity contribution is -0.154. The van der Waals surface area contributed by atoms with Gasteiger partial charge in [0.2, 0.25) is 0 Å². The summed E-state index contributed by atoms with van der Waals surface area (Å²) in [4.78, 5) is 69.5. The number of para-hydroxylation sites is 1. The van der Waals surface area contributed by atoms with Gasteiger partial charge in [0.25, 0.3) is 0 Å².